The van der Waals surface area contributed by atoms with Crippen molar-refractivity contribution in [3.05, 3.63) is 0 Å². The topological polar surface area (TPSA) is 24.1 Å². The normalized spacial score (nSPS) is 28.3. The lowest BCUT2D eigenvalue weighted by molar-refractivity contribution is 0.169. The van der Waals surface area contributed by atoms with E-state index in [0.29, 0.717) is 12.0 Å². The number of nitrogens with one attached hydrogen (secondary N) is 2. The summed E-state index contributed by atoms with van der Waals surface area (Å²) in [5, 5.41) is 7.89. The van der Waals surface area contributed by atoms with Crippen LogP contribution in [-0.2, 0) is 0 Å². The summed E-state index contributed by atoms with van der Waals surface area (Å²) in [6.45, 7) is 13.6. The van der Waals surface area contributed by atoms with Gasteiger partial charge in [0.1, 0.15) is 0 Å². The fourth-order valence-corrected chi connectivity index (χ4v) is 3.45. The van der Waals surface area contributed by atoms with Crippen LogP contribution in [0.2, 0.25) is 0 Å². The number of thiocarbonyl (C=S) groups is 1. The molecule has 1 saturated carbocycles. The highest BCUT2D eigenvalue weighted by atomic mass is 32.1. The summed E-state index contributed by atoms with van der Waals surface area (Å²) in [7, 11) is 0. The molecule has 112 valence electrons. The second-order valence-electron chi connectivity index (χ2n) is 7.18. The Labute approximate surface area is 125 Å². The molecular weight excluding hydrogens is 252 g/mol. The van der Waals surface area contributed by atoms with Crippen LogP contribution in [-0.4, -0.2) is 16.7 Å². The van der Waals surface area contributed by atoms with E-state index >= 15 is 0 Å². The van der Waals surface area contributed by atoms with Gasteiger partial charge in [-0.3, -0.25) is 0 Å². The minimum atomic E-state index is 0.0787. The summed E-state index contributed by atoms with van der Waals surface area (Å²) in [4.78, 5) is 0. The molecule has 2 nitrogen and oxygen atoms in total. The van der Waals surface area contributed by atoms with Crippen molar-refractivity contribution in [2.45, 2.75) is 78.8 Å². The quantitative estimate of drug-likeness (QED) is 0.760. The van der Waals surface area contributed by atoms with E-state index in [1.54, 1.807) is 0 Å². The average Bonchev–Trinajstić information content (AvgIpc) is 2.30. The molecule has 3 heteroatoms. The van der Waals surface area contributed by atoms with Crippen LogP contribution < -0.4 is 10.6 Å². The van der Waals surface area contributed by atoms with Crippen LogP contribution >= 0.6 is 12.2 Å². The first kappa shape index (κ1) is 16.7. The predicted molar refractivity (Wildman–Crippen MR) is 88.4 cm³/mol. The molecule has 2 N–H and O–H groups in total. The van der Waals surface area contributed by atoms with Crippen LogP contribution in [0.5, 0.6) is 0 Å². The molecule has 0 heterocycles. The zero-order chi connectivity index (χ0) is 14.6. The van der Waals surface area contributed by atoms with Gasteiger partial charge in [-0.2, -0.15) is 0 Å². The highest BCUT2D eigenvalue weighted by Crippen LogP contribution is 2.33. The van der Waals surface area contributed by atoms with Gasteiger partial charge in [0.05, 0.1) is 0 Å². The molecule has 0 aromatic rings. The average molecular weight is 285 g/mol. The van der Waals surface area contributed by atoms with Crippen LogP contribution in [0.4, 0.5) is 0 Å². The zero-order valence-electron chi connectivity index (χ0n) is 13.5. The monoisotopic (exact) mass is 284 g/mol. The third kappa shape index (κ3) is 4.94. The molecule has 1 aliphatic rings. The van der Waals surface area contributed by atoms with Gasteiger partial charge < -0.3 is 10.6 Å². The van der Waals surface area contributed by atoms with Crippen LogP contribution in [0.25, 0.3) is 0 Å². The lowest BCUT2D eigenvalue weighted by Gasteiger charge is -2.41. The first-order chi connectivity index (χ1) is 8.76. The Morgan fingerprint density at radius 3 is 2.47 bits per heavy atom. The second kappa shape index (κ2) is 6.92. The Morgan fingerprint density at radius 1 is 1.32 bits per heavy atom. The van der Waals surface area contributed by atoms with E-state index in [1.165, 1.54) is 19.3 Å². The van der Waals surface area contributed by atoms with Gasteiger partial charge in [-0.1, -0.05) is 34.1 Å². The summed E-state index contributed by atoms with van der Waals surface area (Å²) in [6.07, 6.45) is 5.09. The molecule has 19 heavy (non-hydrogen) atoms. The molecule has 0 aromatic heterocycles. The Balaban J connectivity index is 2.63. The van der Waals surface area contributed by atoms with Gasteiger partial charge >= 0.3 is 0 Å². The molecule has 3 unspecified atom stereocenters. The minimum absolute atomic E-state index is 0.0787. The molecular formula is C16H32N2S. The van der Waals surface area contributed by atoms with Crippen molar-refractivity contribution in [3.63, 3.8) is 0 Å². The van der Waals surface area contributed by atoms with Crippen molar-refractivity contribution in [2.24, 2.45) is 17.8 Å². The first-order valence-corrected chi connectivity index (χ1v) is 8.26. The van der Waals surface area contributed by atoms with E-state index in [9.17, 15) is 0 Å². The maximum absolute atomic E-state index is 5.52. The molecule has 1 fully saturated rings. The molecule has 1 rings (SSSR count). The molecule has 0 saturated heterocycles. The minimum Gasteiger partial charge on any atom is -0.359 e. The van der Waals surface area contributed by atoms with E-state index in [-0.39, 0.29) is 5.54 Å². The predicted octanol–water partition coefficient (Wildman–Crippen LogP) is 4.10. The van der Waals surface area contributed by atoms with Crippen LogP contribution in [0.3, 0.4) is 0 Å². The summed E-state index contributed by atoms with van der Waals surface area (Å²) in [6, 6.07) is 0.529. The van der Waals surface area contributed by atoms with Gasteiger partial charge in [0, 0.05) is 11.6 Å². The van der Waals surface area contributed by atoms with Gasteiger partial charge in [0.15, 0.2) is 5.11 Å². The maximum atomic E-state index is 5.52. The van der Waals surface area contributed by atoms with E-state index in [4.69, 9.17) is 12.2 Å². The van der Waals surface area contributed by atoms with E-state index in [0.717, 1.165) is 23.4 Å². The number of rotatable bonds is 4. The van der Waals surface area contributed by atoms with Gasteiger partial charge in [-0.15, -0.1) is 0 Å². The van der Waals surface area contributed by atoms with Crippen molar-refractivity contribution in [3.8, 4) is 0 Å². The fourth-order valence-electron chi connectivity index (χ4n) is 3.04. The SMILES string of the molecule is CCC(C)(C)NC(=S)NC1C(C)CCCC1C(C)C. The molecule has 3 atom stereocenters. The Hall–Kier alpha value is -0.310. The van der Waals surface area contributed by atoms with Crippen LogP contribution in [0, 0.1) is 17.8 Å². The third-order valence-corrected chi connectivity index (χ3v) is 4.98. The van der Waals surface area contributed by atoms with Crippen molar-refractivity contribution >= 4 is 17.3 Å². The Bertz CT molecular complexity index is 299. The molecule has 0 aliphatic heterocycles. The van der Waals surface area contributed by atoms with Gasteiger partial charge in [0.2, 0.25) is 0 Å². The lowest BCUT2D eigenvalue weighted by Crippen LogP contribution is -2.55. The van der Waals surface area contributed by atoms with Crippen LogP contribution in [0.15, 0.2) is 0 Å². The summed E-state index contributed by atoms with van der Waals surface area (Å²) < 4.78 is 0. The van der Waals surface area contributed by atoms with E-state index < -0.39 is 0 Å². The Morgan fingerprint density at radius 2 is 1.95 bits per heavy atom. The standard InChI is InChI=1S/C16H32N2S/c1-7-16(5,6)18-15(19)17-14-12(4)9-8-10-13(14)11(2)3/h11-14H,7-10H2,1-6H3,(H2,17,18,19). The summed E-state index contributed by atoms with van der Waals surface area (Å²) in [5.74, 6) is 2.18. The number of hydrogen-bond donors (Lipinski definition) is 2. The fraction of sp³-hybridized carbons (Fsp3) is 0.938. The third-order valence-electron chi connectivity index (χ3n) is 4.76. The second-order valence-corrected chi connectivity index (χ2v) is 7.59. The largest absolute Gasteiger partial charge is 0.359 e. The van der Waals surface area contributed by atoms with Gasteiger partial charge in [0.25, 0.3) is 0 Å². The summed E-state index contributed by atoms with van der Waals surface area (Å²) in [5.41, 5.74) is 0.0787. The maximum Gasteiger partial charge on any atom is 0.166 e. The van der Waals surface area contributed by atoms with Crippen LogP contribution in [0.1, 0.15) is 67.2 Å². The van der Waals surface area contributed by atoms with Gasteiger partial charge in [-0.25, -0.2) is 0 Å². The first-order valence-electron chi connectivity index (χ1n) is 7.85. The van der Waals surface area contributed by atoms with E-state index in [1.807, 2.05) is 0 Å². The lowest BCUT2D eigenvalue weighted by atomic mass is 9.73. The number of hydrogen-bond acceptors (Lipinski definition) is 1. The van der Waals surface area contributed by atoms with Crippen molar-refractivity contribution in [2.75, 3.05) is 0 Å². The smallest absolute Gasteiger partial charge is 0.166 e. The molecule has 0 amide bonds. The van der Waals surface area contributed by atoms with Crippen molar-refractivity contribution in [1.82, 2.24) is 10.6 Å². The molecule has 0 spiro atoms. The summed E-state index contributed by atoms with van der Waals surface area (Å²) >= 11 is 5.52. The van der Waals surface area contributed by atoms with Crippen molar-refractivity contribution in [1.29, 1.82) is 0 Å². The van der Waals surface area contributed by atoms with Gasteiger partial charge in [-0.05, 0) is 63.1 Å². The molecule has 1 aliphatic carbocycles. The molecule has 0 aromatic carbocycles. The Kier molecular flexibility index (Phi) is 6.10. The van der Waals surface area contributed by atoms with E-state index in [2.05, 4.69) is 52.2 Å². The molecule has 0 bridgehead atoms. The molecule has 0 radical (unpaired) electrons. The highest BCUT2D eigenvalue weighted by Gasteiger charge is 2.33. The zero-order valence-corrected chi connectivity index (χ0v) is 14.4. The highest BCUT2D eigenvalue weighted by molar-refractivity contribution is 7.80. The van der Waals surface area contributed by atoms with Crippen molar-refractivity contribution < 1.29 is 0 Å².